The zero-order chi connectivity index (χ0) is 25.9. The van der Waals surface area contributed by atoms with Crippen molar-refractivity contribution in [3.05, 3.63) is 83.9 Å². The van der Waals surface area contributed by atoms with Crippen molar-refractivity contribution in [1.82, 2.24) is 0 Å². The number of alkyl halides is 9. The van der Waals surface area contributed by atoms with Gasteiger partial charge in [-0.05, 0) is 42.0 Å². The number of nitrogens with one attached hydrogen (secondary N) is 1. The van der Waals surface area contributed by atoms with Crippen LogP contribution in [0.15, 0.2) is 72.8 Å². The third-order valence-corrected chi connectivity index (χ3v) is 4.53. The van der Waals surface area contributed by atoms with Crippen LogP contribution in [-0.4, -0.2) is 18.7 Å². The highest BCUT2D eigenvalue weighted by Gasteiger charge is 2.58. The molecular weight excluding hydrogens is 493 g/mol. The third-order valence-electron chi connectivity index (χ3n) is 4.53. The minimum atomic E-state index is -5.77. The number of rotatable bonds is 9. The number of benzene rings is 3. The zero-order valence-electron chi connectivity index (χ0n) is 17.4. The molecule has 0 spiro atoms. The summed E-state index contributed by atoms with van der Waals surface area (Å²) in [5.41, 5.74) is -0.458. The van der Waals surface area contributed by atoms with E-state index in [4.69, 9.17) is 4.74 Å². The molecular formula is C23H16F9NO2. The van der Waals surface area contributed by atoms with Crippen LogP contribution in [-0.2, 0) is 12.5 Å². The molecule has 3 aromatic carbocycles. The van der Waals surface area contributed by atoms with E-state index < -0.39 is 35.9 Å². The van der Waals surface area contributed by atoms with Crippen molar-refractivity contribution in [2.45, 2.75) is 31.2 Å². The lowest BCUT2D eigenvalue weighted by Gasteiger charge is -2.20. The molecule has 0 bridgehead atoms. The number of hydrogen-bond donors (Lipinski definition) is 1. The van der Waals surface area contributed by atoms with E-state index in [1.165, 1.54) is 36.4 Å². The lowest BCUT2D eigenvalue weighted by Crippen LogP contribution is -2.33. The fourth-order valence-corrected chi connectivity index (χ4v) is 2.85. The highest BCUT2D eigenvalue weighted by Crippen LogP contribution is 2.44. The van der Waals surface area contributed by atoms with Gasteiger partial charge < -0.3 is 14.8 Å². The number of halogens is 9. The summed E-state index contributed by atoms with van der Waals surface area (Å²) in [4.78, 5) is 0. The Bertz CT molecular complexity index is 1150. The largest absolute Gasteiger partial charge is 0.461 e. The Morgan fingerprint density at radius 1 is 0.714 bits per heavy atom. The van der Waals surface area contributed by atoms with Crippen LogP contribution in [0.25, 0.3) is 0 Å². The first kappa shape index (κ1) is 26.0. The van der Waals surface area contributed by atoms with Gasteiger partial charge in [-0.3, -0.25) is 0 Å². The van der Waals surface area contributed by atoms with Crippen molar-refractivity contribution in [2.24, 2.45) is 0 Å². The van der Waals surface area contributed by atoms with Crippen LogP contribution in [0, 0.1) is 0 Å². The van der Waals surface area contributed by atoms with E-state index in [-0.39, 0.29) is 18.0 Å². The molecule has 3 nitrogen and oxygen atoms in total. The van der Waals surface area contributed by atoms with Gasteiger partial charge in [0.1, 0.15) is 17.2 Å². The molecule has 0 aliphatic rings. The fraction of sp³-hybridized carbons (Fsp3) is 0.217. The van der Waals surface area contributed by atoms with Gasteiger partial charge in [-0.25, -0.2) is 0 Å². The molecule has 3 aromatic rings. The topological polar surface area (TPSA) is 30.5 Å². The Labute approximate surface area is 193 Å². The van der Waals surface area contributed by atoms with Gasteiger partial charge in [-0.1, -0.05) is 30.3 Å². The molecule has 35 heavy (non-hydrogen) atoms. The lowest BCUT2D eigenvalue weighted by atomic mass is 10.1. The van der Waals surface area contributed by atoms with Crippen molar-refractivity contribution < 1.29 is 49.0 Å². The Kier molecular flexibility index (Phi) is 7.41. The average molecular weight is 509 g/mol. The molecule has 0 heterocycles. The first-order valence-corrected chi connectivity index (χ1v) is 9.79. The van der Waals surface area contributed by atoms with Gasteiger partial charge in [0.2, 0.25) is 0 Å². The SMILES string of the molecule is FC(F)C(F)(F)Oc1cccc(CNc2cccc(Oc3cccc(C(F)(F)C(F)(F)F)c3)c2)c1. The molecule has 0 aliphatic carbocycles. The van der Waals surface area contributed by atoms with Crippen LogP contribution < -0.4 is 14.8 Å². The second-order valence-corrected chi connectivity index (χ2v) is 7.20. The minimum Gasteiger partial charge on any atom is -0.457 e. The predicted molar refractivity (Wildman–Crippen MR) is 108 cm³/mol. The fourth-order valence-electron chi connectivity index (χ4n) is 2.85. The van der Waals surface area contributed by atoms with E-state index in [1.807, 2.05) is 0 Å². The summed E-state index contributed by atoms with van der Waals surface area (Å²) in [6.45, 7) is 0.0498. The van der Waals surface area contributed by atoms with Gasteiger partial charge in [0.15, 0.2) is 0 Å². The van der Waals surface area contributed by atoms with Gasteiger partial charge in [-0.15, -0.1) is 0 Å². The molecule has 1 N–H and O–H groups in total. The van der Waals surface area contributed by atoms with E-state index >= 15 is 0 Å². The lowest BCUT2D eigenvalue weighted by molar-refractivity contribution is -0.289. The summed E-state index contributed by atoms with van der Waals surface area (Å²) >= 11 is 0. The van der Waals surface area contributed by atoms with Gasteiger partial charge in [0, 0.05) is 23.9 Å². The quantitative estimate of drug-likeness (QED) is 0.297. The maximum absolute atomic E-state index is 13.6. The molecule has 0 unspecified atom stereocenters. The van der Waals surface area contributed by atoms with Crippen LogP contribution in [0.4, 0.5) is 45.2 Å². The molecule has 0 aliphatic heterocycles. The molecule has 0 aromatic heterocycles. The molecule has 3 rings (SSSR count). The predicted octanol–water partition coefficient (Wildman–Crippen LogP) is 7.98. The number of ether oxygens (including phenoxy) is 2. The van der Waals surface area contributed by atoms with E-state index in [9.17, 15) is 39.5 Å². The zero-order valence-corrected chi connectivity index (χ0v) is 17.4. The molecule has 188 valence electrons. The second-order valence-electron chi connectivity index (χ2n) is 7.20. The number of hydrogen-bond acceptors (Lipinski definition) is 3. The molecule has 0 atom stereocenters. The minimum absolute atomic E-state index is 0.0498. The van der Waals surface area contributed by atoms with Crippen molar-refractivity contribution in [3.8, 4) is 17.2 Å². The Balaban J connectivity index is 1.68. The summed E-state index contributed by atoms with van der Waals surface area (Å²) in [5.74, 6) is -5.68. The van der Waals surface area contributed by atoms with Crippen molar-refractivity contribution in [3.63, 3.8) is 0 Å². The van der Waals surface area contributed by atoms with Gasteiger partial charge in [-0.2, -0.15) is 39.5 Å². The van der Waals surface area contributed by atoms with Gasteiger partial charge in [0.25, 0.3) is 0 Å². The maximum atomic E-state index is 13.6. The van der Waals surface area contributed by atoms with Crippen molar-refractivity contribution in [1.29, 1.82) is 0 Å². The van der Waals surface area contributed by atoms with E-state index in [2.05, 4.69) is 10.1 Å². The van der Waals surface area contributed by atoms with Crippen LogP contribution in [0.3, 0.4) is 0 Å². The van der Waals surface area contributed by atoms with E-state index in [0.717, 1.165) is 18.2 Å². The second kappa shape index (κ2) is 9.96. The summed E-state index contributed by atoms with van der Waals surface area (Å²) in [6.07, 6.45) is -14.4. The Morgan fingerprint density at radius 3 is 1.97 bits per heavy atom. The van der Waals surface area contributed by atoms with Gasteiger partial charge >= 0.3 is 24.6 Å². The molecule has 0 saturated heterocycles. The van der Waals surface area contributed by atoms with E-state index in [1.54, 1.807) is 6.07 Å². The van der Waals surface area contributed by atoms with Gasteiger partial charge in [0.05, 0.1) is 0 Å². The Morgan fingerprint density at radius 2 is 1.31 bits per heavy atom. The van der Waals surface area contributed by atoms with Crippen molar-refractivity contribution >= 4 is 5.69 Å². The molecule has 0 fully saturated rings. The van der Waals surface area contributed by atoms with Crippen LogP contribution in [0.2, 0.25) is 0 Å². The average Bonchev–Trinajstić information content (AvgIpc) is 2.77. The highest BCUT2D eigenvalue weighted by molar-refractivity contribution is 5.50. The molecule has 0 saturated carbocycles. The standard InChI is InChI=1S/C23H16F9NO2/c24-20(25)22(28,29)35-19-9-1-4-14(10-19)13-33-16-6-3-8-18(12-16)34-17-7-2-5-15(11-17)21(26,27)23(30,31)32/h1-12,20,33H,13H2. The van der Waals surface area contributed by atoms with Crippen LogP contribution >= 0.6 is 0 Å². The highest BCUT2D eigenvalue weighted by atomic mass is 19.4. The maximum Gasteiger partial charge on any atom is 0.461 e. The first-order valence-electron chi connectivity index (χ1n) is 9.79. The van der Waals surface area contributed by atoms with Crippen molar-refractivity contribution in [2.75, 3.05) is 5.32 Å². The molecule has 12 heteroatoms. The normalized spacial score (nSPS) is 12.5. The molecule has 0 radical (unpaired) electrons. The summed E-state index contributed by atoms with van der Waals surface area (Å²) in [5, 5.41) is 2.92. The summed E-state index contributed by atoms with van der Waals surface area (Å²) < 4.78 is 125. The Hall–Kier alpha value is -3.57. The van der Waals surface area contributed by atoms with Crippen LogP contribution in [0.1, 0.15) is 11.1 Å². The van der Waals surface area contributed by atoms with Crippen LogP contribution in [0.5, 0.6) is 17.2 Å². The third kappa shape index (κ3) is 6.52. The molecule has 0 amide bonds. The summed E-state index contributed by atoms with van der Waals surface area (Å²) in [6, 6.07) is 14.4. The monoisotopic (exact) mass is 509 g/mol. The first-order chi connectivity index (χ1) is 16.3. The van der Waals surface area contributed by atoms with E-state index in [0.29, 0.717) is 23.4 Å². The number of anilines is 1. The smallest absolute Gasteiger partial charge is 0.457 e. The summed E-state index contributed by atoms with van der Waals surface area (Å²) in [7, 11) is 0.